The van der Waals surface area contributed by atoms with Gasteiger partial charge in [0, 0.05) is 12.1 Å². The minimum Gasteiger partial charge on any atom is -0.481 e. The van der Waals surface area contributed by atoms with Crippen LogP contribution in [0.15, 0.2) is 41.2 Å². The summed E-state index contributed by atoms with van der Waals surface area (Å²) in [5.74, 6) is -0.988. The lowest BCUT2D eigenvalue weighted by atomic mass is 10.1. The number of hydrogen-bond donors (Lipinski definition) is 1. The molecule has 1 N–H and O–H groups in total. The molecule has 1 aromatic heterocycles. The second-order valence-electron chi connectivity index (χ2n) is 5.14. The smallest absolute Gasteiger partial charge is 0.308 e. The summed E-state index contributed by atoms with van der Waals surface area (Å²) in [6.45, 7) is 4.59. The maximum absolute atomic E-state index is 12.5. The number of aryl methyl sites for hydroxylation is 1. The van der Waals surface area contributed by atoms with E-state index in [2.05, 4.69) is 0 Å². The molecule has 4 nitrogen and oxygen atoms in total. The SMILES string of the molecule is CCCn1c(-c2ccc(C)cc2)ccc(CC(=O)O)c1=O. The minimum absolute atomic E-state index is 0.211. The molecule has 0 spiro atoms. The number of pyridine rings is 1. The van der Waals surface area contributed by atoms with E-state index < -0.39 is 5.97 Å². The molecule has 0 saturated heterocycles. The number of nitrogens with zero attached hydrogens (tertiary/aromatic N) is 1. The number of carbonyl (C=O) groups is 1. The largest absolute Gasteiger partial charge is 0.481 e. The average molecular weight is 285 g/mol. The van der Waals surface area contributed by atoms with Gasteiger partial charge in [-0.15, -0.1) is 0 Å². The predicted octanol–water partition coefficient (Wildman–Crippen LogP) is 2.86. The van der Waals surface area contributed by atoms with Gasteiger partial charge >= 0.3 is 5.97 Å². The maximum atomic E-state index is 12.5. The van der Waals surface area contributed by atoms with Crippen LogP contribution in [-0.4, -0.2) is 15.6 Å². The molecule has 0 atom stereocenters. The van der Waals surface area contributed by atoms with Crippen molar-refractivity contribution in [3.8, 4) is 11.3 Å². The first-order chi connectivity index (χ1) is 10.0. The van der Waals surface area contributed by atoms with Crippen molar-refractivity contribution in [1.29, 1.82) is 0 Å². The number of benzene rings is 1. The summed E-state index contributed by atoms with van der Waals surface area (Å²) >= 11 is 0. The van der Waals surface area contributed by atoms with Crippen molar-refractivity contribution in [2.45, 2.75) is 33.2 Å². The molecule has 1 heterocycles. The van der Waals surface area contributed by atoms with Crippen molar-refractivity contribution in [3.05, 3.63) is 57.9 Å². The van der Waals surface area contributed by atoms with Gasteiger partial charge in [-0.05, 0) is 25.0 Å². The van der Waals surface area contributed by atoms with Crippen LogP contribution in [0.1, 0.15) is 24.5 Å². The Labute approximate surface area is 123 Å². The summed E-state index contributed by atoms with van der Waals surface area (Å²) < 4.78 is 1.67. The van der Waals surface area contributed by atoms with Crippen molar-refractivity contribution in [3.63, 3.8) is 0 Å². The molecular formula is C17H19NO3. The standard InChI is InChI=1S/C17H19NO3/c1-3-10-18-15(13-6-4-12(2)5-7-13)9-8-14(17(18)21)11-16(19)20/h4-9H,3,10-11H2,1-2H3,(H,19,20). The molecule has 0 aliphatic carbocycles. The molecular weight excluding hydrogens is 266 g/mol. The molecule has 21 heavy (non-hydrogen) atoms. The summed E-state index contributed by atoms with van der Waals surface area (Å²) in [6, 6.07) is 11.4. The van der Waals surface area contributed by atoms with Crippen molar-refractivity contribution < 1.29 is 9.90 Å². The van der Waals surface area contributed by atoms with E-state index >= 15 is 0 Å². The van der Waals surface area contributed by atoms with Gasteiger partial charge in [-0.3, -0.25) is 9.59 Å². The number of aromatic nitrogens is 1. The van der Waals surface area contributed by atoms with E-state index in [0.717, 1.165) is 23.2 Å². The van der Waals surface area contributed by atoms with E-state index in [-0.39, 0.29) is 12.0 Å². The predicted molar refractivity (Wildman–Crippen MR) is 82.5 cm³/mol. The second kappa shape index (κ2) is 6.39. The molecule has 0 aliphatic heterocycles. The van der Waals surface area contributed by atoms with Crippen LogP contribution in [0.3, 0.4) is 0 Å². The number of aliphatic carboxylic acids is 1. The lowest BCUT2D eigenvalue weighted by Gasteiger charge is -2.14. The number of carboxylic acids is 1. The Morgan fingerprint density at radius 3 is 2.38 bits per heavy atom. The molecule has 2 aromatic rings. The zero-order chi connectivity index (χ0) is 15.4. The van der Waals surface area contributed by atoms with E-state index in [1.165, 1.54) is 0 Å². The minimum atomic E-state index is -0.988. The highest BCUT2D eigenvalue weighted by Gasteiger charge is 2.12. The van der Waals surface area contributed by atoms with Gasteiger partial charge in [0.25, 0.3) is 5.56 Å². The Morgan fingerprint density at radius 1 is 1.14 bits per heavy atom. The summed E-state index contributed by atoms with van der Waals surface area (Å²) in [7, 11) is 0. The molecule has 110 valence electrons. The fourth-order valence-electron chi connectivity index (χ4n) is 2.34. The van der Waals surface area contributed by atoms with Crippen LogP contribution in [0.25, 0.3) is 11.3 Å². The topological polar surface area (TPSA) is 59.3 Å². The number of rotatable bonds is 5. The van der Waals surface area contributed by atoms with Gasteiger partial charge in [-0.1, -0.05) is 42.8 Å². The van der Waals surface area contributed by atoms with E-state index in [1.807, 2.05) is 44.2 Å². The molecule has 0 bridgehead atoms. The second-order valence-corrected chi connectivity index (χ2v) is 5.14. The van der Waals surface area contributed by atoms with Crippen LogP contribution in [0.4, 0.5) is 0 Å². The number of hydrogen-bond acceptors (Lipinski definition) is 2. The summed E-state index contributed by atoms with van der Waals surface area (Å²) in [5, 5.41) is 8.88. The zero-order valence-corrected chi connectivity index (χ0v) is 12.3. The Balaban J connectivity index is 2.55. The van der Waals surface area contributed by atoms with Crippen LogP contribution in [0.2, 0.25) is 0 Å². The first kappa shape index (κ1) is 15.0. The molecule has 0 unspecified atom stereocenters. The normalized spacial score (nSPS) is 10.6. The van der Waals surface area contributed by atoms with Gasteiger partial charge in [-0.25, -0.2) is 0 Å². The van der Waals surface area contributed by atoms with Crippen molar-refractivity contribution >= 4 is 5.97 Å². The van der Waals surface area contributed by atoms with Crippen molar-refractivity contribution in [2.24, 2.45) is 0 Å². The number of carboxylic acid groups (broad SMARTS) is 1. The Hall–Kier alpha value is -2.36. The van der Waals surface area contributed by atoms with Gasteiger partial charge in [0.2, 0.25) is 0 Å². The van der Waals surface area contributed by atoms with Crippen LogP contribution in [0, 0.1) is 6.92 Å². The highest BCUT2D eigenvalue weighted by Crippen LogP contribution is 2.19. The first-order valence-electron chi connectivity index (χ1n) is 7.04. The van der Waals surface area contributed by atoms with Crippen LogP contribution < -0.4 is 5.56 Å². The summed E-state index contributed by atoms with van der Waals surface area (Å²) in [4.78, 5) is 23.3. The van der Waals surface area contributed by atoms with E-state index in [4.69, 9.17) is 5.11 Å². The molecule has 2 rings (SSSR count). The summed E-state index contributed by atoms with van der Waals surface area (Å²) in [5.41, 5.74) is 3.07. The molecule has 0 aliphatic rings. The monoisotopic (exact) mass is 285 g/mol. The molecule has 4 heteroatoms. The van der Waals surface area contributed by atoms with Gasteiger partial charge in [0.15, 0.2) is 0 Å². The molecule has 0 saturated carbocycles. The maximum Gasteiger partial charge on any atom is 0.308 e. The molecule has 0 fully saturated rings. The summed E-state index contributed by atoms with van der Waals surface area (Å²) in [6.07, 6.45) is 0.575. The third-order valence-electron chi connectivity index (χ3n) is 3.39. The highest BCUT2D eigenvalue weighted by molar-refractivity contribution is 5.70. The van der Waals surface area contributed by atoms with Gasteiger partial charge in [-0.2, -0.15) is 0 Å². The fourth-order valence-corrected chi connectivity index (χ4v) is 2.34. The average Bonchev–Trinajstić information content (AvgIpc) is 2.44. The van der Waals surface area contributed by atoms with E-state index in [9.17, 15) is 9.59 Å². The Morgan fingerprint density at radius 2 is 1.81 bits per heavy atom. The van der Waals surface area contributed by atoms with Crippen LogP contribution >= 0.6 is 0 Å². The van der Waals surface area contributed by atoms with Gasteiger partial charge in [0.05, 0.1) is 12.1 Å². The van der Waals surface area contributed by atoms with Crippen LogP contribution in [-0.2, 0) is 17.8 Å². The third kappa shape index (κ3) is 3.40. The van der Waals surface area contributed by atoms with Gasteiger partial charge in [0.1, 0.15) is 0 Å². The lowest BCUT2D eigenvalue weighted by molar-refractivity contribution is -0.136. The van der Waals surface area contributed by atoms with Gasteiger partial charge < -0.3 is 9.67 Å². The molecule has 0 amide bonds. The lowest BCUT2D eigenvalue weighted by Crippen LogP contribution is -2.26. The Kier molecular flexibility index (Phi) is 4.58. The zero-order valence-electron chi connectivity index (χ0n) is 12.3. The molecule has 0 radical (unpaired) electrons. The quantitative estimate of drug-likeness (QED) is 0.919. The Bertz CT molecular complexity index is 699. The van der Waals surface area contributed by atoms with Crippen LogP contribution in [0.5, 0.6) is 0 Å². The first-order valence-corrected chi connectivity index (χ1v) is 7.04. The van der Waals surface area contributed by atoms with E-state index in [0.29, 0.717) is 12.1 Å². The van der Waals surface area contributed by atoms with Crippen molar-refractivity contribution in [2.75, 3.05) is 0 Å². The highest BCUT2D eigenvalue weighted by atomic mass is 16.4. The van der Waals surface area contributed by atoms with Crippen molar-refractivity contribution in [1.82, 2.24) is 4.57 Å². The fraction of sp³-hybridized carbons (Fsp3) is 0.294. The molecule has 1 aromatic carbocycles. The third-order valence-corrected chi connectivity index (χ3v) is 3.39. The van der Waals surface area contributed by atoms with E-state index in [1.54, 1.807) is 10.6 Å².